The van der Waals surface area contributed by atoms with Gasteiger partial charge >= 0.3 is 6.18 Å². The van der Waals surface area contributed by atoms with E-state index in [1.54, 1.807) is 24.1 Å². The third-order valence-electron chi connectivity index (χ3n) is 6.67. The van der Waals surface area contributed by atoms with E-state index < -0.39 is 17.3 Å². The Labute approximate surface area is 191 Å². The molecule has 0 unspecified atom stereocenters. The molecule has 3 rings (SSSR count). The van der Waals surface area contributed by atoms with Crippen molar-refractivity contribution in [2.75, 3.05) is 51.3 Å². The summed E-state index contributed by atoms with van der Waals surface area (Å²) in [6.07, 6.45) is -3.19. The van der Waals surface area contributed by atoms with Crippen LogP contribution in [0.2, 0.25) is 0 Å². The number of anilines is 1. The van der Waals surface area contributed by atoms with Gasteiger partial charge in [-0.3, -0.25) is 9.59 Å². The standard InChI is InChI=1S/C23H29F3N4O3/c1-3-33-14-21(31)30-12-18(19(13-30)22(32)28-2)15-6-8-29(9-7-15)17-5-4-16(11-27)20(10-17)23(24,25)26/h4-5,10,15,18-19H,3,6-9,12-14H2,1-2H3,(H,28,32)/t18-,19+/m0/s1. The summed E-state index contributed by atoms with van der Waals surface area (Å²) in [5.41, 5.74) is -0.886. The summed E-state index contributed by atoms with van der Waals surface area (Å²) >= 11 is 0. The third-order valence-corrected chi connectivity index (χ3v) is 6.67. The summed E-state index contributed by atoms with van der Waals surface area (Å²) in [4.78, 5) is 28.5. The zero-order valence-corrected chi connectivity index (χ0v) is 18.8. The second kappa shape index (κ2) is 10.4. The second-order valence-electron chi connectivity index (χ2n) is 8.48. The lowest BCUT2D eigenvalue weighted by molar-refractivity contribution is -0.138. The van der Waals surface area contributed by atoms with Crippen molar-refractivity contribution in [1.82, 2.24) is 10.2 Å². The summed E-state index contributed by atoms with van der Waals surface area (Å²) in [6, 6.07) is 5.40. The Kier molecular flexibility index (Phi) is 7.84. The number of nitrogens with one attached hydrogen (secondary N) is 1. The van der Waals surface area contributed by atoms with E-state index in [0.29, 0.717) is 51.3 Å². The van der Waals surface area contributed by atoms with Crippen molar-refractivity contribution in [1.29, 1.82) is 5.26 Å². The van der Waals surface area contributed by atoms with Crippen molar-refractivity contribution in [2.24, 2.45) is 17.8 Å². The molecule has 2 heterocycles. The number of nitrogens with zero attached hydrogens (tertiary/aromatic N) is 3. The maximum absolute atomic E-state index is 13.3. The van der Waals surface area contributed by atoms with Gasteiger partial charge in [0, 0.05) is 45.5 Å². The van der Waals surface area contributed by atoms with Gasteiger partial charge in [-0.05, 0) is 49.8 Å². The molecule has 2 fully saturated rings. The number of ether oxygens (including phenoxy) is 1. The molecule has 0 spiro atoms. The van der Waals surface area contributed by atoms with Crippen molar-refractivity contribution in [3.05, 3.63) is 29.3 Å². The first kappa shape index (κ1) is 24.8. The SMILES string of the molecule is CCOCC(=O)N1C[C@@H](C(=O)NC)[C@H](C2CCN(c3ccc(C#N)c(C(F)(F)F)c3)CC2)C1. The van der Waals surface area contributed by atoms with Crippen molar-refractivity contribution < 1.29 is 27.5 Å². The Hall–Kier alpha value is -2.80. The first-order chi connectivity index (χ1) is 15.7. The molecule has 1 aromatic rings. The molecule has 2 aliphatic heterocycles. The highest BCUT2D eigenvalue weighted by Gasteiger charge is 2.44. The number of halogens is 3. The van der Waals surface area contributed by atoms with E-state index in [4.69, 9.17) is 10.00 Å². The van der Waals surface area contributed by atoms with E-state index in [1.165, 1.54) is 6.07 Å². The van der Waals surface area contributed by atoms with Crippen LogP contribution in [0.15, 0.2) is 18.2 Å². The largest absolute Gasteiger partial charge is 0.417 e. The number of rotatable bonds is 6. The van der Waals surface area contributed by atoms with Crippen LogP contribution in [-0.4, -0.2) is 63.2 Å². The average molecular weight is 467 g/mol. The van der Waals surface area contributed by atoms with E-state index >= 15 is 0 Å². The van der Waals surface area contributed by atoms with Gasteiger partial charge in [0.25, 0.3) is 0 Å². The summed E-state index contributed by atoms with van der Waals surface area (Å²) < 4.78 is 45.2. The van der Waals surface area contributed by atoms with E-state index in [9.17, 15) is 22.8 Å². The van der Waals surface area contributed by atoms with Crippen molar-refractivity contribution in [3.8, 4) is 6.07 Å². The van der Waals surface area contributed by atoms with Gasteiger partial charge < -0.3 is 19.9 Å². The molecule has 0 radical (unpaired) electrons. The smallest absolute Gasteiger partial charge is 0.372 e. The molecule has 2 amide bonds. The molecule has 0 saturated carbocycles. The minimum Gasteiger partial charge on any atom is -0.372 e. The molecule has 33 heavy (non-hydrogen) atoms. The highest BCUT2D eigenvalue weighted by Crippen LogP contribution is 2.39. The predicted octanol–water partition coefficient (Wildman–Crippen LogP) is 2.65. The Morgan fingerprint density at radius 3 is 2.52 bits per heavy atom. The molecule has 0 bridgehead atoms. The van der Waals surface area contributed by atoms with Crippen LogP contribution < -0.4 is 10.2 Å². The van der Waals surface area contributed by atoms with E-state index in [2.05, 4.69) is 5.32 Å². The summed E-state index contributed by atoms with van der Waals surface area (Å²) in [6.45, 7) is 4.14. The van der Waals surface area contributed by atoms with Crippen LogP contribution in [0.3, 0.4) is 0 Å². The molecular weight excluding hydrogens is 437 g/mol. The molecule has 180 valence electrons. The average Bonchev–Trinajstić information content (AvgIpc) is 3.26. The summed E-state index contributed by atoms with van der Waals surface area (Å²) in [5, 5.41) is 11.7. The molecule has 1 N–H and O–H groups in total. The minimum absolute atomic E-state index is 0.00984. The summed E-state index contributed by atoms with van der Waals surface area (Å²) in [5.74, 6) is -0.388. The van der Waals surface area contributed by atoms with Gasteiger partial charge in [0.15, 0.2) is 0 Å². The Morgan fingerprint density at radius 1 is 1.24 bits per heavy atom. The first-order valence-corrected chi connectivity index (χ1v) is 11.1. The lowest BCUT2D eigenvalue weighted by atomic mass is 9.78. The molecule has 10 heteroatoms. The maximum Gasteiger partial charge on any atom is 0.417 e. The quantitative estimate of drug-likeness (QED) is 0.697. The molecule has 0 aliphatic carbocycles. The van der Waals surface area contributed by atoms with Gasteiger partial charge in [-0.1, -0.05) is 0 Å². The van der Waals surface area contributed by atoms with Crippen LogP contribution in [0.4, 0.5) is 18.9 Å². The lowest BCUT2D eigenvalue weighted by Gasteiger charge is -2.37. The van der Waals surface area contributed by atoms with Crippen LogP contribution >= 0.6 is 0 Å². The number of hydrogen-bond acceptors (Lipinski definition) is 5. The van der Waals surface area contributed by atoms with Crippen molar-refractivity contribution in [2.45, 2.75) is 25.9 Å². The van der Waals surface area contributed by atoms with Gasteiger partial charge in [0.2, 0.25) is 11.8 Å². The van der Waals surface area contributed by atoms with Crippen LogP contribution in [0.5, 0.6) is 0 Å². The maximum atomic E-state index is 13.3. The fraction of sp³-hybridized carbons (Fsp3) is 0.609. The molecular formula is C23H29F3N4O3. The minimum atomic E-state index is -4.60. The van der Waals surface area contributed by atoms with Gasteiger partial charge in [-0.25, -0.2) is 0 Å². The number of carbonyl (C=O) groups is 2. The highest BCUT2D eigenvalue weighted by atomic mass is 19.4. The van der Waals surface area contributed by atoms with Gasteiger partial charge in [0.1, 0.15) is 6.61 Å². The molecule has 2 aliphatic rings. The number of piperidine rings is 1. The number of likely N-dealkylation sites (tertiary alicyclic amines) is 1. The predicted molar refractivity (Wildman–Crippen MR) is 115 cm³/mol. The number of hydrogen-bond donors (Lipinski definition) is 1. The first-order valence-electron chi connectivity index (χ1n) is 11.1. The number of benzene rings is 1. The zero-order chi connectivity index (χ0) is 24.2. The molecule has 7 nitrogen and oxygen atoms in total. The number of nitriles is 1. The van der Waals surface area contributed by atoms with Gasteiger partial charge in [-0.15, -0.1) is 0 Å². The normalized spacial score (nSPS) is 21.7. The monoisotopic (exact) mass is 466 g/mol. The molecule has 2 atom stereocenters. The Bertz CT molecular complexity index is 907. The van der Waals surface area contributed by atoms with Crippen LogP contribution in [0, 0.1) is 29.1 Å². The fourth-order valence-electron chi connectivity index (χ4n) is 4.90. The van der Waals surface area contributed by atoms with E-state index in [-0.39, 0.29) is 36.2 Å². The van der Waals surface area contributed by atoms with Gasteiger partial charge in [0.05, 0.1) is 23.1 Å². The molecule has 2 saturated heterocycles. The Morgan fingerprint density at radius 2 is 1.94 bits per heavy atom. The second-order valence-corrected chi connectivity index (χ2v) is 8.48. The van der Waals surface area contributed by atoms with E-state index in [0.717, 1.165) is 6.07 Å². The van der Waals surface area contributed by atoms with Crippen molar-refractivity contribution in [3.63, 3.8) is 0 Å². The molecule has 0 aromatic heterocycles. The fourth-order valence-corrected chi connectivity index (χ4v) is 4.90. The van der Waals surface area contributed by atoms with E-state index in [1.807, 2.05) is 11.8 Å². The van der Waals surface area contributed by atoms with Gasteiger partial charge in [-0.2, -0.15) is 18.4 Å². The highest BCUT2D eigenvalue weighted by molar-refractivity contribution is 5.82. The summed E-state index contributed by atoms with van der Waals surface area (Å²) in [7, 11) is 1.58. The third kappa shape index (κ3) is 5.58. The zero-order valence-electron chi connectivity index (χ0n) is 18.8. The number of alkyl halides is 3. The Balaban J connectivity index is 1.70. The van der Waals surface area contributed by atoms with Crippen LogP contribution in [0.1, 0.15) is 30.9 Å². The van der Waals surface area contributed by atoms with Crippen molar-refractivity contribution >= 4 is 17.5 Å². The lowest BCUT2D eigenvalue weighted by Crippen LogP contribution is -2.41. The van der Waals surface area contributed by atoms with Crippen LogP contribution in [-0.2, 0) is 20.5 Å². The topological polar surface area (TPSA) is 85.7 Å². The molecule has 1 aromatic carbocycles. The number of amides is 2. The number of carbonyl (C=O) groups excluding carboxylic acids is 2. The van der Waals surface area contributed by atoms with Crippen LogP contribution in [0.25, 0.3) is 0 Å².